The predicted molar refractivity (Wildman–Crippen MR) is 133 cm³/mol. The fourth-order valence-electron chi connectivity index (χ4n) is 5.24. The Morgan fingerprint density at radius 1 is 1.17 bits per heavy atom. The summed E-state index contributed by atoms with van der Waals surface area (Å²) in [5, 5.41) is 15.0. The van der Waals surface area contributed by atoms with E-state index in [0.29, 0.717) is 30.0 Å². The molecule has 7 nitrogen and oxygen atoms in total. The maximum atomic E-state index is 13.2. The molecular weight excluding hydrogens is 475 g/mol. The van der Waals surface area contributed by atoms with Crippen molar-refractivity contribution in [2.45, 2.75) is 91.5 Å². The Labute approximate surface area is 211 Å². The molecule has 1 N–H and O–H groups in total. The summed E-state index contributed by atoms with van der Waals surface area (Å²) in [4.78, 5) is 25.3. The minimum absolute atomic E-state index is 0.0233. The number of carbonyl (C=O) groups is 1. The molecule has 2 fully saturated rings. The summed E-state index contributed by atoms with van der Waals surface area (Å²) in [6.07, 6.45) is -1.23. The topological polar surface area (TPSA) is 84.7 Å². The lowest BCUT2D eigenvalue weighted by atomic mass is 9.93. The Hall–Kier alpha value is -2.20. The molecule has 3 aliphatic rings. The van der Waals surface area contributed by atoms with Gasteiger partial charge in [-0.15, -0.1) is 0 Å². The second kappa shape index (κ2) is 13.4. The maximum Gasteiger partial charge on any atom is 0.416 e. The first-order chi connectivity index (χ1) is 17.1. The summed E-state index contributed by atoms with van der Waals surface area (Å²) < 4.78 is 45.2. The van der Waals surface area contributed by atoms with Gasteiger partial charge in [0.1, 0.15) is 0 Å². The van der Waals surface area contributed by atoms with Crippen LogP contribution in [0.4, 0.5) is 18.9 Å². The zero-order valence-electron chi connectivity index (χ0n) is 22.0. The van der Waals surface area contributed by atoms with Crippen molar-refractivity contribution in [1.82, 2.24) is 10.2 Å². The lowest BCUT2D eigenvalue weighted by Crippen LogP contribution is -2.46. The van der Waals surface area contributed by atoms with E-state index in [0.717, 1.165) is 38.5 Å². The molecule has 10 heteroatoms. The smallest absolute Gasteiger partial charge is 0.381 e. The number of nitro groups is 1. The molecule has 1 saturated carbocycles. The van der Waals surface area contributed by atoms with Gasteiger partial charge in [-0.2, -0.15) is 13.2 Å². The number of fused-ring (bicyclic) bond motifs is 1. The number of rotatable bonds is 4. The highest BCUT2D eigenvalue weighted by Gasteiger charge is 2.39. The molecule has 4 rings (SSSR count). The van der Waals surface area contributed by atoms with Gasteiger partial charge in [-0.1, -0.05) is 34.6 Å². The Morgan fingerprint density at radius 2 is 1.86 bits per heavy atom. The SMILES string of the molecule is CC.CC.CC1COCCC1NC1CCC(C(=O)N2CCc3c(cc(C(F)(F)F)cc3[N+](=O)[O-])C2)C1. The van der Waals surface area contributed by atoms with E-state index in [-0.39, 0.29) is 42.9 Å². The van der Waals surface area contributed by atoms with E-state index in [1.165, 1.54) is 0 Å². The van der Waals surface area contributed by atoms with Gasteiger partial charge in [-0.25, -0.2) is 0 Å². The first-order valence-electron chi connectivity index (χ1n) is 13.1. The van der Waals surface area contributed by atoms with E-state index in [2.05, 4.69) is 12.2 Å². The molecule has 2 aliphatic heterocycles. The highest BCUT2D eigenvalue weighted by molar-refractivity contribution is 5.79. The van der Waals surface area contributed by atoms with Crippen LogP contribution in [0.5, 0.6) is 0 Å². The highest BCUT2D eigenvalue weighted by atomic mass is 19.4. The third kappa shape index (κ3) is 7.18. The summed E-state index contributed by atoms with van der Waals surface area (Å²) in [5.74, 6) is 0.167. The Balaban J connectivity index is 0.00000109. The van der Waals surface area contributed by atoms with Gasteiger partial charge in [0.15, 0.2) is 0 Å². The first kappa shape index (κ1) is 30.0. The third-order valence-corrected chi connectivity index (χ3v) is 7.02. The molecular formula is C26H40F3N3O4. The lowest BCUT2D eigenvalue weighted by molar-refractivity contribution is -0.385. The quantitative estimate of drug-likeness (QED) is 0.409. The Kier molecular flexibility index (Phi) is 11.2. The summed E-state index contributed by atoms with van der Waals surface area (Å²) in [6, 6.07) is 2.16. The van der Waals surface area contributed by atoms with E-state index in [4.69, 9.17) is 4.74 Å². The average molecular weight is 516 g/mol. The molecule has 1 amide bonds. The van der Waals surface area contributed by atoms with E-state index < -0.39 is 22.4 Å². The van der Waals surface area contributed by atoms with Crippen molar-refractivity contribution in [3.05, 3.63) is 38.9 Å². The largest absolute Gasteiger partial charge is 0.416 e. The van der Waals surface area contributed by atoms with Crippen LogP contribution in [-0.4, -0.2) is 47.6 Å². The van der Waals surface area contributed by atoms with Crippen molar-refractivity contribution in [2.24, 2.45) is 11.8 Å². The number of hydrogen-bond acceptors (Lipinski definition) is 5. The fourth-order valence-corrected chi connectivity index (χ4v) is 5.24. The van der Waals surface area contributed by atoms with Gasteiger partial charge in [0.25, 0.3) is 5.69 Å². The molecule has 4 atom stereocenters. The van der Waals surface area contributed by atoms with Crippen LogP contribution >= 0.6 is 0 Å². The van der Waals surface area contributed by atoms with Crippen molar-refractivity contribution in [3.8, 4) is 0 Å². The van der Waals surface area contributed by atoms with Crippen LogP contribution in [0, 0.1) is 22.0 Å². The van der Waals surface area contributed by atoms with Crippen molar-refractivity contribution in [3.63, 3.8) is 0 Å². The van der Waals surface area contributed by atoms with Crippen molar-refractivity contribution in [1.29, 1.82) is 0 Å². The van der Waals surface area contributed by atoms with Gasteiger partial charge in [-0.3, -0.25) is 14.9 Å². The summed E-state index contributed by atoms with van der Waals surface area (Å²) in [5.41, 5.74) is -1.05. The number of halogens is 3. The van der Waals surface area contributed by atoms with Gasteiger partial charge in [0, 0.05) is 49.3 Å². The number of amides is 1. The Bertz CT molecular complexity index is 894. The van der Waals surface area contributed by atoms with E-state index in [1.54, 1.807) is 4.90 Å². The van der Waals surface area contributed by atoms with Crippen LogP contribution < -0.4 is 5.32 Å². The monoisotopic (exact) mass is 515 g/mol. The van der Waals surface area contributed by atoms with Crippen LogP contribution in [0.2, 0.25) is 0 Å². The lowest BCUT2D eigenvalue weighted by Gasteiger charge is -2.33. The van der Waals surface area contributed by atoms with Gasteiger partial charge in [0.05, 0.1) is 17.1 Å². The molecule has 1 aromatic rings. The standard InChI is InChI=1S/C22H28F3N3O4.2C2H6/c1-13-12-32-7-5-19(13)26-17-3-2-14(9-17)21(29)27-6-4-18-15(11-27)8-16(22(23,24)25)10-20(18)28(30)31;2*1-2/h8,10,13-14,17,19,26H,2-7,9,11-12H2,1H3;2*1-2H3. The number of benzene rings is 1. The van der Waals surface area contributed by atoms with Gasteiger partial charge in [-0.05, 0) is 49.7 Å². The van der Waals surface area contributed by atoms with Crippen molar-refractivity contribution in [2.75, 3.05) is 19.8 Å². The van der Waals surface area contributed by atoms with Crippen molar-refractivity contribution >= 4 is 11.6 Å². The zero-order chi connectivity index (χ0) is 27.0. The van der Waals surface area contributed by atoms with Gasteiger partial charge in [0.2, 0.25) is 5.91 Å². The zero-order valence-corrected chi connectivity index (χ0v) is 22.0. The first-order valence-corrected chi connectivity index (χ1v) is 13.1. The fraction of sp³-hybridized carbons (Fsp3) is 0.731. The molecule has 4 unspecified atom stereocenters. The van der Waals surface area contributed by atoms with Gasteiger partial charge >= 0.3 is 6.18 Å². The number of ether oxygens (including phenoxy) is 1. The van der Waals surface area contributed by atoms with Crippen LogP contribution in [-0.2, 0) is 28.7 Å². The minimum atomic E-state index is -4.68. The van der Waals surface area contributed by atoms with Crippen LogP contribution in [0.3, 0.4) is 0 Å². The highest BCUT2D eigenvalue weighted by Crippen LogP contribution is 2.38. The van der Waals surface area contributed by atoms with Crippen LogP contribution in [0.1, 0.15) is 77.0 Å². The maximum absolute atomic E-state index is 13.2. The molecule has 36 heavy (non-hydrogen) atoms. The number of carbonyl (C=O) groups excluding carboxylic acids is 1. The molecule has 204 valence electrons. The minimum Gasteiger partial charge on any atom is -0.381 e. The van der Waals surface area contributed by atoms with E-state index >= 15 is 0 Å². The molecule has 2 heterocycles. The molecule has 0 radical (unpaired) electrons. The van der Waals surface area contributed by atoms with Crippen LogP contribution in [0.15, 0.2) is 12.1 Å². The summed E-state index contributed by atoms with van der Waals surface area (Å²) >= 11 is 0. The molecule has 1 aromatic carbocycles. The number of nitrogens with zero attached hydrogens (tertiary/aromatic N) is 2. The summed E-state index contributed by atoms with van der Waals surface area (Å²) in [7, 11) is 0. The predicted octanol–water partition coefficient (Wildman–Crippen LogP) is 5.73. The van der Waals surface area contributed by atoms with E-state index in [1.807, 2.05) is 27.7 Å². The van der Waals surface area contributed by atoms with Crippen LogP contribution in [0.25, 0.3) is 0 Å². The Morgan fingerprint density at radius 3 is 2.47 bits per heavy atom. The second-order valence-corrected chi connectivity index (χ2v) is 9.22. The number of nitrogens with one attached hydrogen (secondary N) is 1. The molecule has 1 saturated heterocycles. The molecule has 0 bridgehead atoms. The van der Waals surface area contributed by atoms with Crippen molar-refractivity contribution < 1.29 is 27.6 Å². The average Bonchev–Trinajstić information content (AvgIpc) is 3.34. The molecule has 0 aromatic heterocycles. The molecule has 0 spiro atoms. The molecule has 1 aliphatic carbocycles. The second-order valence-electron chi connectivity index (χ2n) is 9.22. The third-order valence-electron chi connectivity index (χ3n) is 7.02. The number of hydrogen-bond donors (Lipinski definition) is 1. The van der Waals surface area contributed by atoms with Gasteiger partial charge < -0.3 is 15.0 Å². The number of nitro benzene ring substituents is 1. The summed E-state index contributed by atoms with van der Waals surface area (Å²) in [6.45, 7) is 11.9. The normalized spacial score (nSPS) is 25.6. The van der Waals surface area contributed by atoms with E-state index in [9.17, 15) is 28.1 Å². The number of alkyl halides is 3.